The molecule has 2 aliphatic heterocycles. The van der Waals surface area contributed by atoms with Crippen LogP contribution in [0.2, 0.25) is 0 Å². The Morgan fingerprint density at radius 1 is 1.14 bits per heavy atom. The quantitative estimate of drug-likeness (QED) is 0.504. The van der Waals surface area contributed by atoms with E-state index in [0.717, 1.165) is 61.3 Å². The number of nitrogens with zero attached hydrogens (tertiary/aromatic N) is 5. The first-order valence-electron chi connectivity index (χ1n) is 12.5. The molecule has 184 valence electrons. The van der Waals surface area contributed by atoms with E-state index >= 15 is 0 Å². The Labute approximate surface area is 210 Å². The number of amides is 1. The van der Waals surface area contributed by atoms with Gasteiger partial charge in [0.05, 0.1) is 17.5 Å². The van der Waals surface area contributed by atoms with Gasteiger partial charge in [-0.05, 0) is 44.2 Å². The molecule has 35 heavy (non-hydrogen) atoms. The van der Waals surface area contributed by atoms with Crippen LogP contribution in [-0.4, -0.2) is 69.8 Å². The summed E-state index contributed by atoms with van der Waals surface area (Å²) in [6.07, 6.45) is 6.77. The number of rotatable bonds is 7. The Balaban J connectivity index is 1.29. The second-order valence-electron chi connectivity index (χ2n) is 9.80. The number of piperazine rings is 1. The molecule has 9 heteroatoms. The maximum absolute atomic E-state index is 11.7. The van der Waals surface area contributed by atoms with Crippen molar-refractivity contribution in [2.24, 2.45) is 5.92 Å². The van der Waals surface area contributed by atoms with Gasteiger partial charge in [-0.15, -0.1) is 0 Å². The van der Waals surface area contributed by atoms with E-state index < -0.39 is 0 Å². The molecule has 2 aromatic heterocycles. The normalized spacial score (nSPS) is 21.9. The number of anilines is 1. The summed E-state index contributed by atoms with van der Waals surface area (Å²) in [5.74, 6) is 0.854. The number of carbonyl (C=O) groups excluding carboxylic acids is 1. The molecule has 8 nitrogen and oxygen atoms in total. The topological polar surface area (TPSA) is 75.5 Å². The molecular weight excluding hydrogens is 460 g/mol. The van der Waals surface area contributed by atoms with Gasteiger partial charge in [0.25, 0.3) is 0 Å². The Kier molecular flexibility index (Phi) is 6.06. The van der Waals surface area contributed by atoms with Gasteiger partial charge in [0.15, 0.2) is 0 Å². The van der Waals surface area contributed by atoms with Gasteiger partial charge in [0, 0.05) is 62.4 Å². The van der Waals surface area contributed by atoms with E-state index in [4.69, 9.17) is 14.7 Å². The van der Waals surface area contributed by atoms with E-state index in [0.29, 0.717) is 24.9 Å². The summed E-state index contributed by atoms with van der Waals surface area (Å²) in [5.41, 5.74) is 5.03. The Morgan fingerprint density at radius 2 is 1.91 bits per heavy atom. The monoisotopic (exact) mass is 492 g/mol. The molecule has 3 aliphatic rings. The largest absolute Gasteiger partial charge is 0.473 e. The molecule has 4 heterocycles. The van der Waals surface area contributed by atoms with E-state index in [-0.39, 0.29) is 17.9 Å². The van der Waals surface area contributed by atoms with Crippen LogP contribution in [0.4, 0.5) is 5.69 Å². The second kappa shape index (κ2) is 9.35. The zero-order chi connectivity index (χ0) is 23.9. The first kappa shape index (κ1) is 22.7. The number of hydrogen-bond donors (Lipinski definition) is 1. The first-order valence-corrected chi connectivity index (χ1v) is 13.7. The van der Waals surface area contributed by atoms with Gasteiger partial charge < -0.3 is 19.5 Å². The average molecular weight is 493 g/mol. The van der Waals surface area contributed by atoms with Gasteiger partial charge in [0.1, 0.15) is 11.6 Å². The summed E-state index contributed by atoms with van der Waals surface area (Å²) in [4.78, 5) is 23.9. The fraction of sp³-hybridized carbons (Fsp3) is 0.500. The average Bonchev–Trinajstić information content (AvgIpc) is 3.49. The molecule has 1 aliphatic carbocycles. The number of hydrogen-bond acceptors (Lipinski definition) is 7. The van der Waals surface area contributed by atoms with E-state index in [1.54, 1.807) is 0 Å². The molecule has 0 radical (unpaired) electrons. The van der Waals surface area contributed by atoms with Gasteiger partial charge in [-0.2, -0.15) is 0 Å². The summed E-state index contributed by atoms with van der Waals surface area (Å²) < 4.78 is 11.1. The molecule has 6 rings (SSSR count). The fourth-order valence-corrected chi connectivity index (χ4v) is 5.62. The van der Waals surface area contributed by atoms with Crippen molar-refractivity contribution < 1.29 is 9.53 Å². The van der Waals surface area contributed by atoms with Crippen LogP contribution in [0.1, 0.15) is 32.2 Å². The third-order valence-corrected chi connectivity index (χ3v) is 8.34. The van der Waals surface area contributed by atoms with E-state index in [1.165, 1.54) is 5.69 Å². The van der Waals surface area contributed by atoms with Crippen molar-refractivity contribution in [3.05, 3.63) is 36.7 Å². The third-order valence-electron chi connectivity index (χ3n) is 7.46. The Hall–Kier alpha value is -2.78. The lowest BCUT2D eigenvalue weighted by Gasteiger charge is -2.34. The Bertz CT molecular complexity index is 1220. The molecule has 0 spiro atoms. The lowest BCUT2D eigenvalue weighted by molar-refractivity contribution is -0.119. The minimum Gasteiger partial charge on any atom is -0.473 e. The van der Waals surface area contributed by atoms with Gasteiger partial charge in [-0.25, -0.2) is 14.3 Å². The molecule has 3 fully saturated rings. The Morgan fingerprint density at radius 3 is 2.57 bits per heavy atom. The summed E-state index contributed by atoms with van der Waals surface area (Å²) in [6, 6.07) is 11.2. The molecule has 0 bridgehead atoms. The second-order valence-corrected chi connectivity index (χ2v) is 10.7. The molecule has 2 atom stereocenters. The highest BCUT2D eigenvalue weighted by Crippen LogP contribution is 2.40. The van der Waals surface area contributed by atoms with Crippen molar-refractivity contribution in [2.45, 2.75) is 38.3 Å². The molecule has 0 unspecified atom stereocenters. The molecule has 3 aromatic rings. The molecule has 1 amide bonds. The number of ether oxygens (including phenoxy) is 1. The molecule has 1 saturated carbocycles. The summed E-state index contributed by atoms with van der Waals surface area (Å²) in [5, 5.41) is 2.92. The van der Waals surface area contributed by atoms with Crippen LogP contribution in [0.5, 0.6) is 5.88 Å². The fourth-order valence-electron chi connectivity index (χ4n) is 5.09. The number of carbonyl (C=O) groups is 1. The van der Waals surface area contributed by atoms with Crippen LogP contribution >= 0.6 is 11.9 Å². The van der Waals surface area contributed by atoms with Crippen LogP contribution in [0.25, 0.3) is 22.3 Å². The van der Waals surface area contributed by atoms with Gasteiger partial charge >= 0.3 is 0 Å². The van der Waals surface area contributed by atoms with Crippen molar-refractivity contribution in [1.29, 1.82) is 0 Å². The van der Waals surface area contributed by atoms with Crippen molar-refractivity contribution in [2.75, 3.05) is 43.9 Å². The van der Waals surface area contributed by atoms with Crippen molar-refractivity contribution in [3.63, 3.8) is 0 Å². The van der Waals surface area contributed by atoms with Gasteiger partial charge in [-0.1, -0.05) is 24.1 Å². The number of pyridine rings is 1. The van der Waals surface area contributed by atoms with Crippen molar-refractivity contribution >= 4 is 34.6 Å². The first-order chi connectivity index (χ1) is 17.1. The number of nitrogens with one attached hydrogen (secondary N) is 1. The summed E-state index contributed by atoms with van der Waals surface area (Å²) >= 11 is 1.82. The predicted octanol–water partition coefficient (Wildman–Crippen LogP) is 3.74. The van der Waals surface area contributed by atoms with Gasteiger partial charge in [0.2, 0.25) is 11.8 Å². The van der Waals surface area contributed by atoms with Crippen LogP contribution < -0.4 is 15.0 Å². The van der Waals surface area contributed by atoms with E-state index in [1.807, 2.05) is 25.2 Å². The number of benzene rings is 1. The highest BCUT2D eigenvalue weighted by molar-refractivity contribution is 7.96. The van der Waals surface area contributed by atoms with E-state index in [9.17, 15) is 4.79 Å². The zero-order valence-electron chi connectivity index (χ0n) is 20.3. The zero-order valence-corrected chi connectivity index (χ0v) is 21.1. The minimum absolute atomic E-state index is 0.0929. The van der Waals surface area contributed by atoms with Crippen LogP contribution in [0.15, 0.2) is 36.7 Å². The lowest BCUT2D eigenvalue weighted by atomic mass is 10.0. The van der Waals surface area contributed by atoms with Gasteiger partial charge in [-0.3, -0.25) is 4.79 Å². The van der Waals surface area contributed by atoms with Crippen molar-refractivity contribution in [3.8, 4) is 17.1 Å². The minimum atomic E-state index is -0.121. The molecule has 1 aromatic carbocycles. The van der Waals surface area contributed by atoms with Crippen LogP contribution in [0, 0.1) is 5.92 Å². The lowest BCUT2D eigenvalue weighted by Crippen LogP contribution is -2.43. The highest BCUT2D eigenvalue weighted by atomic mass is 32.2. The smallest absolute Gasteiger partial charge is 0.241 e. The number of fused-ring (bicyclic) bond motifs is 1. The third kappa shape index (κ3) is 4.59. The standard InChI is InChI=1S/C26H32N6O2S/c1-17(19-13-24(33)27-15-19)34-26-25-23(28-16-32(25)21-7-8-21)14-22(29-26)18-3-5-20(6-4-18)30-9-11-31(35-2)12-10-30/h3-6,14,16-17,19,21H,7-13,15H2,1-2H3,(H,27,33)/t17-,19-/m1/s1. The highest BCUT2D eigenvalue weighted by Gasteiger charge is 2.31. The summed E-state index contributed by atoms with van der Waals surface area (Å²) in [7, 11) is 0. The number of aromatic nitrogens is 3. The maximum atomic E-state index is 11.7. The van der Waals surface area contributed by atoms with Crippen LogP contribution in [-0.2, 0) is 4.79 Å². The van der Waals surface area contributed by atoms with Crippen molar-refractivity contribution in [1.82, 2.24) is 24.2 Å². The van der Waals surface area contributed by atoms with Crippen LogP contribution in [0.3, 0.4) is 0 Å². The molecule has 2 saturated heterocycles. The molecular formula is C26H32N6O2S. The molecule has 1 N–H and O–H groups in total. The number of imidazole rings is 1. The predicted molar refractivity (Wildman–Crippen MR) is 140 cm³/mol. The van der Waals surface area contributed by atoms with E-state index in [2.05, 4.69) is 55.7 Å². The SMILES string of the molecule is CSN1CCN(c2ccc(-c3cc4ncn(C5CC5)c4c(O[C@H](C)[C@H]4CNC(=O)C4)n3)cc2)CC1. The summed E-state index contributed by atoms with van der Waals surface area (Å²) in [6.45, 7) is 6.91. The maximum Gasteiger partial charge on any atom is 0.241 e.